The van der Waals surface area contributed by atoms with Crippen LogP contribution in [0.3, 0.4) is 0 Å². The van der Waals surface area contributed by atoms with E-state index in [2.05, 4.69) is 195 Å². The van der Waals surface area contributed by atoms with E-state index in [4.69, 9.17) is 4.42 Å². The van der Waals surface area contributed by atoms with E-state index >= 15 is 0 Å². The van der Waals surface area contributed by atoms with Gasteiger partial charge in [0.1, 0.15) is 11.2 Å². The zero-order valence-corrected chi connectivity index (χ0v) is 30.3. The van der Waals surface area contributed by atoms with Crippen molar-refractivity contribution in [3.63, 3.8) is 0 Å². The lowest BCUT2D eigenvalue weighted by Crippen LogP contribution is -2.40. The van der Waals surface area contributed by atoms with Crippen molar-refractivity contribution in [3.8, 4) is 22.3 Å². The highest BCUT2D eigenvalue weighted by Crippen LogP contribution is 2.62. The van der Waals surface area contributed by atoms with Crippen LogP contribution in [0.15, 0.2) is 192 Å². The van der Waals surface area contributed by atoms with Crippen molar-refractivity contribution in [2.75, 3.05) is 4.90 Å². The van der Waals surface area contributed by atoms with Crippen LogP contribution in [0.25, 0.3) is 44.2 Å². The molecule has 0 saturated heterocycles. The first-order valence-electron chi connectivity index (χ1n) is 18.8. The molecule has 2 aliphatic carbocycles. The maximum Gasteiger partial charge on any atom is 0.135 e. The normalized spacial score (nSPS) is 14.4. The van der Waals surface area contributed by atoms with Crippen LogP contribution >= 0.6 is 0 Å². The molecule has 256 valence electrons. The summed E-state index contributed by atoms with van der Waals surface area (Å²) in [7, 11) is 0. The van der Waals surface area contributed by atoms with E-state index in [9.17, 15) is 0 Å². The fourth-order valence-electron chi connectivity index (χ4n) is 9.72. The molecule has 11 rings (SSSR count). The van der Waals surface area contributed by atoms with E-state index in [-0.39, 0.29) is 5.41 Å². The van der Waals surface area contributed by atoms with Gasteiger partial charge in [-0.1, -0.05) is 147 Å². The van der Waals surface area contributed by atoms with Crippen molar-refractivity contribution in [3.05, 3.63) is 221 Å². The Morgan fingerprint density at radius 2 is 0.907 bits per heavy atom. The average molecular weight is 692 g/mol. The number of fused-ring (bicyclic) bond motifs is 12. The highest BCUT2D eigenvalue weighted by atomic mass is 16.3. The molecule has 2 heteroatoms. The molecule has 8 aromatic carbocycles. The van der Waals surface area contributed by atoms with Gasteiger partial charge in [-0.3, -0.25) is 0 Å². The predicted octanol–water partition coefficient (Wildman–Crippen LogP) is 13.7. The van der Waals surface area contributed by atoms with Crippen molar-refractivity contribution in [2.24, 2.45) is 0 Å². The molecule has 1 heterocycles. The van der Waals surface area contributed by atoms with Gasteiger partial charge >= 0.3 is 0 Å². The number of hydrogen-bond donors (Lipinski definition) is 0. The summed E-state index contributed by atoms with van der Waals surface area (Å²) in [4.78, 5) is 2.33. The van der Waals surface area contributed by atoms with Gasteiger partial charge in [0.05, 0.1) is 5.41 Å². The van der Waals surface area contributed by atoms with Crippen molar-refractivity contribution >= 4 is 39.0 Å². The molecule has 0 N–H and O–H groups in total. The zero-order valence-electron chi connectivity index (χ0n) is 30.3. The lowest BCUT2D eigenvalue weighted by atomic mass is 9.55. The Bertz CT molecular complexity index is 2860. The topological polar surface area (TPSA) is 16.4 Å². The van der Waals surface area contributed by atoms with Crippen molar-refractivity contribution in [1.29, 1.82) is 0 Å². The Balaban J connectivity index is 1.07. The molecule has 0 fully saturated rings. The smallest absolute Gasteiger partial charge is 0.135 e. The van der Waals surface area contributed by atoms with Crippen LogP contribution in [0.4, 0.5) is 17.1 Å². The second kappa shape index (κ2) is 11.4. The van der Waals surface area contributed by atoms with Crippen LogP contribution in [0, 0.1) is 0 Å². The lowest BCUT2D eigenvalue weighted by molar-refractivity contribution is 0.563. The summed E-state index contributed by atoms with van der Waals surface area (Å²) >= 11 is 0. The van der Waals surface area contributed by atoms with E-state index in [0.29, 0.717) is 0 Å². The summed E-state index contributed by atoms with van der Waals surface area (Å²) in [5, 5.41) is 2.24. The number of nitrogens with zero attached hydrogens (tertiary/aromatic N) is 1. The highest BCUT2D eigenvalue weighted by Gasteiger charge is 2.53. The van der Waals surface area contributed by atoms with E-state index in [1.165, 1.54) is 55.6 Å². The molecular weight excluding hydrogens is 655 g/mol. The summed E-state index contributed by atoms with van der Waals surface area (Å²) in [5.74, 6) is 0. The third-order valence-electron chi connectivity index (χ3n) is 12.1. The molecule has 0 saturated carbocycles. The van der Waals surface area contributed by atoms with Crippen LogP contribution in [-0.4, -0.2) is 0 Å². The first-order chi connectivity index (χ1) is 26.5. The standard InChI is InChI=1S/C52H37NO/c1-51(2)44-19-9-11-21-46(44)52(47-22-12-10-20-45(47)51)43-18-8-6-16-39(43)40-30-26-35(32-48(40)52)34-24-27-37(28-25-34)53(36-14-4-3-5-15-36)38-29-31-50-42(33-38)41-17-7-13-23-49(41)54-50/h3-33H,1-2H3. The first kappa shape index (κ1) is 30.9. The molecule has 1 spiro atoms. The van der Waals surface area contributed by atoms with E-state index in [0.717, 1.165) is 39.0 Å². The molecule has 9 aromatic rings. The average Bonchev–Trinajstić information content (AvgIpc) is 3.74. The summed E-state index contributed by atoms with van der Waals surface area (Å²) in [6, 6.07) is 69.0. The minimum atomic E-state index is -0.412. The quantitative estimate of drug-likeness (QED) is 0.183. The van der Waals surface area contributed by atoms with Gasteiger partial charge in [0.15, 0.2) is 0 Å². The SMILES string of the molecule is CC1(C)c2ccccc2C2(c3ccccc3-c3ccc(-c4ccc(N(c5ccccc5)c5ccc6oc7ccccc7c6c5)cc4)cc32)c2ccccc21. The molecule has 2 aliphatic rings. The second-order valence-electron chi connectivity index (χ2n) is 15.3. The number of benzene rings is 8. The molecule has 54 heavy (non-hydrogen) atoms. The van der Waals surface area contributed by atoms with E-state index in [1.807, 2.05) is 12.1 Å². The number of hydrogen-bond acceptors (Lipinski definition) is 2. The highest BCUT2D eigenvalue weighted by molar-refractivity contribution is 6.06. The van der Waals surface area contributed by atoms with Gasteiger partial charge in [-0.05, 0) is 110 Å². The minimum absolute atomic E-state index is 0.122. The molecule has 1 aromatic heterocycles. The van der Waals surface area contributed by atoms with E-state index < -0.39 is 5.41 Å². The maximum atomic E-state index is 6.19. The molecule has 2 nitrogen and oxygen atoms in total. The van der Waals surface area contributed by atoms with Gasteiger partial charge in [-0.15, -0.1) is 0 Å². The van der Waals surface area contributed by atoms with Crippen LogP contribution in [0.5, 0.6) is 0 Å². The van der Waals surface area contributed by atoms with Gasteiger partial charge in [0.25, 0.3) is 0 Å². The van der Waals surface area contributed by atoms with Gasteiger partial charge < -0.3 is 9.32 Å². The van der Waals surface area contributed by atoms with Crippen molar-refractivity contribution in [1.82, 2.24) is 0 Å². The van der Waals surface area contributed by atoms with Crippen LogP contribution in [-0.2, 0) is 10.8 Å². The number of para-hydroxylation sites is 2. The van der Waals surface area contributed by atoms with Gasteiger partial charge in [-0.25, -0.2) is 0 Å². The number of anilines is 3. The maximum absolute atomic E-state index is 6.19. The third kappa shape index (κ3) is 4.22. The van der Waals surface area contributed by atoms with Gasteiger partial charge in [-0.2, -0.15) is 0 Å². The molecule has 0 amide bonds. The van der Waals surface area contributed by atoms with Crippen LogP contribution < -0.4 is 4.90 Å². The summed E-state index contributed by atoms with van der Waals surface area (Å²) < 4.78 is 6.19. The van der Waals surface area contributed by atoms with E-state index in [1.54, 1.807) is 0 Å². The summed E-state index contributed by atoms with van der Waals surface area (Å²) in [6.07, 6.45) is 0. The monoisotopic (exact) mass is 691 g/mol. The molecule has 0 aliphatic heterocycles. The van der Waals surface area contributed by atoms with Crippen molar-refractivity contribution in [2.45, 2.75) is 24.7 Å². The van der Waals surface area contributed by atoms with Gasteiger partial charge in [0, 0.05) is 33.2 Å². The van der Waals surface area contributed by atoms with Crippen molar-refractivity contribution < 1.29 is 4.42 Å². The zero-order chi connectivity index (χ0) is 36.0. The number of rotatable bonds is 4. The summed E-state index contributed by atoms with van der Waals surface area (Å²) in [5.41, 5.74) is 17.9. The Hall–Kier alpha value is -6.64. The Morgan fingerprint density at radius 1 is 0.370 bits per heavy atom. The Labute approximate surface area is 315 Å². The molecule has 0 unspecified atom stereocenters. The molecular formula is C52H37NO. The fourth-order valence-corrected chi connectivity index (χ4v) is 9.72. The second-order valence-corrected chi connectivity index (χ2v) is 15.3. The predicted molar refractivity (Wildman–Crippen MR) is 223 cm³/mol. The largest absolute Gasteiger partial charge is 0.456 e. The summed E-state index contributed by atoms with van der Waals surface area (Å²) in [6.45, 7) is 4.76. The molecule has 0 atom stereocenters. The first-order valence-corrected chi connectivity index (χ1v) is 18.8. The molecule has 0 radical (unpaired) electrons. The van der Waals surface area contributed by atoms with Crippen LogP contribution in [0.2, 0.25) is 0 Å². The lowest BCUT2D eigenvalue weighted by Gasteiger charge is -2.46. The van der Waals surface area contributed by atoms with Gasteiger partial charge in [0.2, 0.25) is 0 Å². The fraction of sp³-hybridized carbons (Fsp3) is 0.0769. The Kier molecular flexibility index (Phi) is 6.55. The minimum Gasteiger partial charge on any atom is -0.456 e. The van der Waals surface area contributed by atoms with Crippen LogP contribution in [0.1, 0.15) is 47.2 Å². The Morgan fingerprint density at radius 3 is 1.65 bits per heavy atom. The third-order valence-corrected chi connectivity index (χ3v) is 12.1. The molecule has 0 bridgehead atoms. The number of furan rings is 1.